The molecule has 0 spiro atoms. The Morgan fingerprint density at radius 1 is 1.16 bits per heavy atom. The van der Waals surface area contributed by atoms with Gasteiger partial charge in [0.05, 0.1) is 5.75 Å². The number of Topliss-reactive ketones (excluding diaryl/α,β-unsaturated/α-hetero) is 1. The monoisotopic (exact) mass is 294 g/mol. The number of rotatable bonds is 4. The molecular weight excluding hydrogens is 284 g/mol. The van der Waals surface area contributed by atoms with Crippen LogP contribution in [0.1, 0.15) is 10.4 Å². The van der Waals surface area contributed by atoms with Crippen molar-refractivity contribution >= 4 is 40.8 Å². The lowest BCUT2D eigenvalue weighted by atomic mass is 10.1. The molecule has 1 aromatic carbocycles. The zero-order valence-electron chi connectivity index (χ0n) is 9.84. The Kier molecular flexibility index (Phi) is 4.24. The van der Waals surface area contributed by atoms with Crippen molar-refractivity contribution in [2.45, 2.75) is 5.16 Å². The number of carbonyl (C=O) groups excluding carboxylic acids is 1. The molecule has 0 aliphatic carbocycles. The van der Waals surface area contributed by atoms with E-state index in [-0.39, 0.29) is 23.2 Å². The van der Waals surface area contributed by atoms with Crippen molar-refractivity contribution in [3.63, 3.8) is 0 Å². The minimum atomic E-state index is -0.0359. The third-order valence-electron chi connectivity index (χ3n) is 2.24. The highest BCUT2D eigenvalue weighted by Gasteiger charge is 2.09. The predicted octanol–water partition coefficient (Wildman–Crippen LogP) is 2.27. The number of carbonyl (C=O) groups is 1. The Balaban J connectivity index is 2.02. The number of nitrogen functional groups attached to an aromatic ring is 2. The van der Waals surface area contributed by atoms with Gasteiger partial charge in [-0.1, -0.05) is 23.4 Å². The van der Waals surface area contributed by atoms with Crippen LogP contribution < -0.4 is 11.5 Å². The summed E-state index contributed by atoms with van der Waals surface area (Å²) in [5.41, 5.74) is 11.7. The van der Waals surface area contributed by atoms with Crippen LogP contribution in [0.2, 0.25) is 5.02 Å². The first-order valence-electron chi connectivity index (χ1n) is 5.36. The fraction of sp³-hybridized carbons (Fsp3) is 0.0833. The molecule has 0 atom stereocenters. The summed E-state index contributed by atoms with van der Waals surface area (Å²) in [5, 5.41) is 0.982. The predicted molar refractivity (Wildman–Crippen MR) is 77.4 cm³/mol. The number of nitrogens with zero attached hydrogens (tertiary/aromatic N) is 2. The van der Waals surface area contributed by atoms with Crippen LogP contribution in [0.25, 0.3) is 0 Å². The van der Waals surface area contributed by atoms with Crippen LogP contribution in [0.4, 0.5) is 11.6 Å². The van der Waals surface area contributed by atoms with Crippen molar-refractivity contribution in [3.8, 4) is 0 Å². The zero-order valence-corrected chi connectivity index (χ0v) is 11.4. The summed E-state index contributed by atoms with van der Waals surface area (Å²) in [7, 11) is 0. The second-order valence-corrected chi connectivity index (χ2v) is 5.10. The normalized spacial score (nSPS) is 10.4. The summed E-state index contributed by atoms with van der Waals surface area (Å²) < 4.78 is 0. The van der Waals surface area contributed by atoms with E-state index in [4.69, 9.17) is 23.1 Å². The summed E-state index contributed by atoms with van der Waals surface area (Å²) in [6.07, 6.45) is 0. The Labute approximate surface area is 119 Å². The fourth-order valence-electron chi connectivity index (χ4n) is 1.38. The molecule has 0 bridgehead atoms. The maximum atomic E-state index is 11.9. The quantitative estimate of drug-likeness (QED) is 0.510. The SMILES string of the molecule is Nc1cc(N)nc(SCC(=O)c2ccc(Cl)cc2)n1. The Morgan fingerprint density at radius 3 is 2.32 bits per heavy atom. The van der Waals surface area contributed by atoms with E-state index < -0.39 is 0 Å². The summed E-state index contributed by atoms with van der Waals surface area (Å²) in [6.45, 7) is 0. The standard InChI is InChI=1S/C12H11ClN4OS/c13-8-3-1-7(2-4-8)9(18)6-19-12-16-10(14)5-11(15)17-12/h1-5H,6H2,(H4,14,15,16,17). The van der Waals surface area contributed by atoms with Crippen molar-refractivity contribution in [1.29, 1.82) is 0 Å². The van der Waals surface area contributed by atoms with Crippen LogP contribution in [-0.4, -0.2) is 21.5 Å². The van der Waals surface area contributed by atoms with Crippen LogP contribution in [-0.2, 0) is 0 Å². The molecule has 0 unspecified atom stereocenters. The molecule has 0 amide bonds. The van der Waals surface area contributed by atoms with Crippen molar-refractivity contribution in [2.24, 2.45) is 0 Å². The third kappa shape index (κ3) is 3.84. The molecule has 2 aromatic rings. The molecule has 0 saturated carbocycles. The fourth-order valence-corrected chi connectivity index (χ4v) is 2.27. The van der Waals surface area contributed by atoms with Crippen LogP contribution in [0.15, 0.2) is 35.5 Å². The zero-order chi connectivity index (χ0) is 13.8. The van der Waals surface area contributed by atoms with E-state index >= 15 is 0 Å². The highest BCUT2D eigenvalue weighted by molar-refractivity contribution is 7.99. The topological polar surface area (TPSA) is 94.9 Å². The van der Waals surface area contributed by atoms with Gasteiger partial charge in [0.15, 0.2) is 10.9 Å². The summed E-state index contributed by atoms with van der Waals surface area (Å²) in [6, 6.07) is 8.17. The number of thioether (sulfide) groups is 1. The molecule has 1 aromatic heterocycles. The van der Waals surface area contributed by atoms with Gasteiger partial charge in [-0.05, 0) is 24.3 Å². The Hall–Kier alpha value is -1.79. The smallest absolute Gasteiger partial charge is 0.191 e. The lowest BCUT2D eigenvalue weighted by Gasteiger charge is -2.03. The van der Waals surface area contributed by atoms with Gasteiger partial charge >= 0.3 is 0 Å². The molecule has 2 rings (SSSR count). The molecule has 98 valence electrons. The van der Waals surface area contributed by atoms with E-state index in [9.17, 15) is 4.79 Å². The molecule has 0 fully saturated rings. The van der Waals surface area contributed by atoms with Gasteiger partial charge in [-0.15, -0.1) is 0 Å². The van der Waals surface area contributed by atoms with Crippen molar-refractivity contribution < 1.29 is 4.79 Å². The molecule has 4 N–H and O–H groups in total. The maximum absolute atomic E-state index is 11.9. The number of benzene rings is 1. The van der Waals surface area contributed by atoms with Crippen LogP contribution in [0.3, 0.4) is 0 Å². The number of halogens is 1. The van der Waals surface area contributed by atoms with Gasteiger partial charge in [0.1, 0.15) is 11.6 Å². The van der Waals surface area contributed by atoms with Gasteiger partial charge in [-0.25, -0.2) is 9.97 Å². The lowest BCUT2D eigenvalue weighted by molar-refractivity contribution is 0.102. The van der Waals surface area contributed by atoms with Crippen molar-refractivity contribution in [2.75, 3.05) is 17.2 Å². The summed E-state index contributed by atoms with van der Waals surface area (Å²) in [4.78, 5) is 19.9. The van der Waals surface area contributed by atoms with E-state index in [0.29, 0.717) is 15.7 Å². The molecule has 7 heteroatoms. The molecular formula is C12H11ClN4OS. The molecule has 1 heterocycles. The number of ketones is 1. The van der Waals surface area contributed by atoms with Crippen molar-refractivity contribution in [3.05, 3.63) is 40.9 Å². The van der Waals surface area contributed by atoms with E-state index in [2.05, 4.69) is 9.97 Å². The number of anilines is 2. The van der Waals surface area contributed by atoms with Gasteiger partial charge in [-0.3, -0.25) is 4.79 Å². The second-order valence-electron chi connectivity index (χ2n) is 3.72. The number of nitrogens with two attached hydrogens (primary N) is 2. The first-order chi connectivity index (χ1) is 9.04. The van der Waals surface area contributed by atoms with Gasteiger partial charge in [0.25, 0.3) is 0 Å². The van der Waals surface area contributed by atoms with Crippen LogP contribution in [0.5, 0.6) is 0 Å². The molecule has 5 nitrogen and oxygen atoms in total. The minimum Gasteiger partial charge on any atom is -0.383 e. The van der Waals surface area contributed by atoms with E-state index in [1.807, 2.05) is 0 Å². The largest absolute Gasteiger partial charge is 0.383 e. The van der Waals surface area contributed by atoms with Crippen molar-refractivity contribution in [1.82, 2.24) is 9.97 Å². The lowest BCUT2D eigenvalue weighted by Crippen LogP contribution is -2.04. The molecule has 0 aliphatic heterocycles. The molecule has 0 radical (unpaired) electrons. The Bertz CT molecular complexity index is 583. The van der Waals surface area contributed by atoms with E-state index in [1.54, 1.807) is 24.3 Å². The van der Waals surface area contributed by atoms with Gasteiger partial charge < -0.3 is 11.5 Å². The highest BCUT2D eigenvalue weighted by atomic mass is 35.5. The van der Waals surface area contributed by atoms with Crippen LogP contribution >= 0.6 is 23.4 Å². The Morgan fingerprint density at radius 2 is 1.74 bits per heavy atom. The van der Waals surface area contributed by atoms with Gasteiger partial charge in [0.2, 0.25) is 0 Å². The summed E-state index contributed by atoms with van der Waals surface area (Å²) >= 11 is 6.95. The first kappa shape index (κ1) is 13.6. The van der Waals surface area contributed by atoms with Gasteiger partial charge in [-0.2, -0.15) is 0 Å². The minimum absolute atomic E-state index is 0.0359. The average Bonchev–Trinajstić information content (AvgIpc) is 2.36. The second kappa shape index (κ2) is 5.90. The molecule has 19 heavy (non-hydrogen) atoms. The number of hydrogen-bond acceptors (Lipinski definition) is 6. The number of hydrogen-bond donors (Lipinski definition) is 2. The number of aromatic nitrogens is 2. The maximum Gasteiger partial charge on any atom is 0.191 e. The average molecular weight is 295 g/mol. The van der Waals surface area contributed by atoms with E-state index in [1.165, 1.54) is 17.8 Å². The highest BCUT2D eigenvalue weighted by Crippen LogP contribution is 2.18. The molecule has 0 aliphatic rings. The van der Waals surface area contributed by atoms with Crippen LogP contribution in [0, 0.1) is 0 Å². The first-order valence-corrected chi connectivity index (χ1v) is 6.72. The van der Waals surface area contributed by atoms with Gasteiger partial charge in [0, 0.05) is 16.7 Å². The third-order valence-corrected chi connectivity index (χ3v) is 3.34. The van der Waals surface area contributed by atoms with E-state index in [0.717, 1.165) is 0 Å². The molecule has 0 saturated heterocycles. The summed E-state index contributed by atoms with van der Waals surface area (Å²) in [5.74, 6) is 0.749.